The minimum Gasteiger partial charge on any atom is -0.327 e. The van der Waals surface area contributed by atoms with Gasteiger partial charge in [0.15, 0.2) is 0 Å². The maximum Gasteiger partial charge on any atom is 0.0423 e. The Balaban J connectivity index is 2.35. The maximum absolute atomic E-state index is 5.99. The SMILES string of the molecule is CC1(C)[C@@H](N)[C@@H]1c1cc(Cl)cc(Cl)c1. The molecule has 2 rings (SSSR count). The maximum atomic E-state index is 5.99. The van der Waals surface area contributed by atoms with Crippen LogP contribution in [0, 0.1) is 5.41 Å². The van der Waals surface area contributed by atoms with E-state index >= 15 is 0 Å². The van der Waals surface area contributed by atoms with Crippen LogP contribution in [-0.2, 0) is 0 Å². The fourth-order valence-corrected chi connectivity index (χ4v) is 2.61. The van der Waals surface area contributed by atoms with Crippen molar-refractivity contribution in [3.63, 3.8) is 0 Å². The Morgan fingerprint density at radius 2 is 1.57 bits per heavy atom. The van der Waals surface area contributed by atoms with Crippen LogP contribution in [0.5, 0.6) is 0 Å². The zero-order chi connectivity index (χ0) is 10.5. The lowest BCUT2D eigenvalue weighted by Gasteiger charge is -2.04. The van der Waals surface area contributed by atoms with E-state index in [9.17, 15) is 0 Å². The van der Waals surface area contributed by atoms with Crippen LogP contribution in [-0.4, -0.2) is 6.04 Å². The molecule has 0 saturated heterocycles. The van der Waals surface area contributed by atoms with Gasteiger partial charge in [0.05, 0.1) is 0 Å². The molecule has 0 radical (unpaired) electrons. The fourth-order valence-electron chi connectivity index (χ4n) is 2.07. The first-order valence-electron chi connectivity index (χ1n) is 4.64. The molecular formula is C11H13Cl2N. The Morgan fingerprint density at radius 3 is 1.93 bits per heavy atom. The van der Waals surface area contributed by atoms with Crippen LogP contribution in [0.1, 0.15) is 25.3 Å². The topological polar surface area (TPSA) is 26.0 Å². The summed E-state index contributed by atoms with van der Waals surface area (Å²) in [4.78, 5) is 0. The Morgan fingerprint density at radius 1 is 1.14 bits per heavy atom. The zero-order valence-corrected chi connectivity index (χ0v) is 9.73. The van der Waals surface area contributed by atoms with Gasteiger partial charge >= 0.3 is 0 Å². The van der Waals surface area contributed by atoms with Crippen molar-refractivity contribution < 1.29 is 0 Å². The highest BCUT2D eigenvalue weighted by Gasteiger charge is 2.56. The highest BCUT2D eigenvalue weighted by Crippen LogP contribution is 2.57. The second-order valence-electron chi connectivity index (χ2n) is 4.53. The van der Waals surface area contributed by atoms with E-state index in [2.05, 4.69) is 13.8 Å². The third-order valence-corrected chi connectivity index (χ3v) is 3.59. The van der Waals surface area contributed by atoms with E-state index in [-0.39, 0.29) is 11.5 Å². The van der Waals surface area contributed by atoms with E-state index in [1.165, 1.54) is 0 Å². The van der Waals surface area contributed by atoms with Crippen molar-refractivity contribution in [3.8, 4) is 0 Å². The summed E-state index contributed by atoms with van der Waals surface area (Å²) in [5, 5.41) is 1.37. The molecule has 0 spiro atoms. The van der Waals surface area contributed by atoms with Crippen LogP contribution in [0.3, 0.4) is 0 Å². The molecule has 1 aliphatic rings. The van der Waals surface area contributed by atoms with Gasteiger partial charge in [-0.15, -0.1) is 0 Å². The molecule has 0 bridgehead atoms. The smallest absolute Gasteiger partial charge is 0.0423 e. The molecule has 0 heterocycles. The number of hydrogen-bond acceptors (Lipinski definition) is 1. The first-order valence-corrected chi connectivity index (χ1v) is 5.40. The molecule has 0 unspecified atom stereocenters. The van der Waals surface area contributed by atoms with Crippen molar-refractivity contribution in [2.45, 2.75) is 25.8 Å². The lowest BCUT2D eigenvalue weighted by Crippen LogP contribution is -2.06. The molecule has 2 atom stereocenters. The first kappa shape index (κ1) is 10.3. The van der Waals surface area contributed by atoms with Gasteiger partial charge in [-0.3, -0.25) is 0 Å². The third-order valence-electron chi connectivity index (χ3n) is 3.15. The van der Waals surface area contributed by atoms with E-state index < -0.39 is 0 Å². The van der Waals surface area contributed by atoms with Crippen LogP contribution in [0.4, 0.5) is 0 Å². The van der Waals surface area contributed by atoms with Crippen molar-refractivity contribution in [1.29, 1.82) is 0 Å². The summed E-state index contributed by atoms with van der Waals surface area (Å²) < 4.78 is 0. The Hall–Kier alpha value is -0.240. The van der Waals surface area contributed by atoms with Crippen LogP contribution in [0.15, 0.2) is 18.2 Å². The quantitative estimate of drug-likeness (QED) is 0.785. The van der Waals surface area contributed by atoms with Gasteiger partial charge in [0, 0.05) is 22.0 Å². The first-order chi connectivity index (χ1) is 6.43. The molecular weight excluding hydrogens is 217 g/mol. The van der Waals surface area contributed by atoms with Crippen LogP contribution in [0.25, 0.3) is 0 Å². The molecule has 1 fully saturated rings. The molecule has 1 saturated carbocycles. The van der Waals surface area contributed by atoms with Gasteiger partial charge in [-0.1, -0.05) is 37.0 Å². The average Bonchev–Trinajstić information content (AvgIpc) is 2.48. The van der Waals surface area contributed by atoms with Crippen LogP contribution < -0.4 is 5.73 Å². The molecule has 1 aromatic carbocycles. The standard InChI is InChI=1S/C11H13Cl2N/c1-11(2)9(10(11)14)6-3-7(12)5-8(13)4-6/h3-5,9-10H,14H2,1-2H3/t9-,10-/m0/s1. The Bertz CT molecular complexity index is 353. The number of halogens is 2. The van der Waals surface area contributed by atoms with Crippen LogP contribution in [0.2, 0.25) is 10.0 Å². The third kappa shape index (κ3) is 1.54. The highest BCUT2D eigenvalue weighted by molar-refractivity contribution is 6.34. The van der Waals surface area contributed by atoms with Crippen molar-refractivity contribution in [2.24, 2.45) is 11.1 Å². The van der Waals surface area contributed by atoms with Crippen molar-refractivity contribution in [2.75, 3.05) is 0 Å². The minimum absolute atomic E-state index is 0.175. The summed E-state index contributed by atoms with van der Waals surface area (Å²) in [6.45, 7) is 4.33. The summed E-state index contributed by atoms with van der Waals surface area (Å²) in [6.07, 6.45) is 0. The summed E-state index contributed by atoms with van der Waals surface area (Å²) in [6, 6.07) is 5.87. The second kappa shape index (κ2) is 3.13. The Kier molecular flexibility index (Phi) is 2.30. The molecule has 0 amide bonds. The molecule has 3 heteroatoms. The number of benzene rings is 1. The Labute approximate surface area is 94.2 Å². The molecule has 1 aliphatic carbocycles. The highest BCUT2D eigenvalue weighted by atomic mass is 35.5. The minimum atomic E-state index is 0.175. The predicted molar refractivity (Wildman–Crippen MR) is 61.0 cm³/mol. The van der Waals surface area contributed by atoms with Gasteiger partial charge in [0.2, 0.25) is 0 Å². The summed E-state index contributed by atoms with van der Waals surface area (Å²) in [5.74, 6) is 0.388. The van der Waals surface area contributed by atoms with E-state index in [1.54, 1.807) is 6.07 Å². The van der Waals surface area contributed by atoms with Crippen molar-refractivity contribution in [3.05, 3.63) is 33.8 Å². The van der Waals surface area contributed by atoms with Crippen molar-refractivity contribution in [1.82, 2.24) is 0 Å². The molecule has 0 aromatic heterocycles. The van der Waals surface area contributed by atoms with Crippen LogP contribution >= 0.6 is 23.2 Å². The van der Waals surface area contributed by atoms with Gasteiger partial charge in [0.25, 0.3) is 0 Å². The molecule has 2 N–H and O–H groups in total. The summed E-state index contributed by atoms with van der Waals surface area (Å²) >= 11 is 11.9. The normalized spacial score (nSPS) is 28.9. The molecule has 14 heavy (non-hydrogen) atoms. The summed E-state index contributed by atoms with van der Waals surface area (Å²) in [7, 11) is 0. The number of hydrogen-bond donors (Lipinski definition) is 1. The van der Waals surface area contributed by atoms with E-state index in [0.717, 1.165) is 5.56 Å². The van der Waals surface area contributed by atoms with Gasteiger partial charge < -0.3 is 5.73 Å². The predicted octanol–water partition coefficient (Wildman–Crippen LogP) is 3.44. The van der Waals surface area contributed by atoms with E-state index in [0.29, 0.717) is 16.0 Å². The number of nitrogens with two attached hydrogens (primary N) is 1. The summed E-state index contributed by atoms with van der Waals surface area (Å²) in [5.41, 5.74) is 7.32. The van der Waals surface area contributed by atoms with Gasteiger partial charge in [0.1, 0.15) is 0 Å². The zero-order valence-electron chi connectivity index (χ0n) is 8.22. The van der Waals surface area contributed by atoms with Gasteiger partial charge in [-0.25, -0.2) is 0 Å². The van der Waals surface area contributed by atoms with Crippen molar-refractivity contribution >= 4 is 23.2 Å². The molecule has 1 aromatic rings. The fraction of sp³-hybridized carbons (Fsp3) is 0.455. The van der Waals surface area contributed by atoms with E-state index in [1.807, 2.05) is 12.1 Å². The monoisotopic (exact) mass is 229 g/mol. The number of rotatable bonds is 1. The molecule has 76 valence electrons. The second-order valence-corrected chi connectivity index (χ2v) is 5.40. The van der Waals surface area contributed by atoms with E-state index in [4.69, 9.17) is 28.9 Å². The lowest BCUT2D eigenvalue weighted by atomic mass is 10.0. The molecule has 0 aliphatic heterocycles. The van der Waals surface area contributed by atoms with Gasteiger partial charge in [-0.05, 0) is 29.2 Å². The lowest BCUT2D eigenvalue weighted by molar-refractivity contribution is 0.599. The molecule has 1 nitrogen and oxygen atoms in total. The van der Waals surface area contributed by atoms with Gasteiger partial charge in [-0.2, -0.15) is 0 Å². The average molecular weight is 230 g/mol. The largest absolute Gasteiger partial charge is 0.327 e.